The Bertz CT molecular complexity index is 338. The Morgan fingerprint density at radius 2 is 1.71 bits per heavy atom. The monoisotopic (exact) mass is 192 g/mol. The molecule has 1 aromatic carbocycles. The van der Waals surface area contributed by atoms with Crippen LogP contribution in [0.3, 0.4) is 0 Å². The number of benzene rings is 1. The molecule has 0 unspecified atom stereocenters. The van der Waals surface area contributed by atoms with Crippen molar-refractivity contribution < 1.29 is 10.2 Å². The van der Waals surface area contributed by atoms with Gasteiger partial charge in [0.15, 0.2) is 11.5 Å². The first-order valence-corrected chi connectivity index (χ1v) is 5.21. The van der Waals surface area contributed by atoms with Crippen LogP contribution >= 0.6 is 0 Å². The Morgan fingerprint density at radius 1 is 1.07 bits per heavy atom. The number of aryl methyl sites for hydroxylation is 1. The SMILES string of the molecule is Cc1ccc(C2CCCC2)c(O)c1O. The minimum Gasteiger partial charge on any atom is -0.504 e. The molecule has 0 heterocycles. The Morgan fingerprint density at radius 3 is 2.36 bits per heavy atom. The molecule has 1 saturated carbocycles. The molecule has 1 aliphatic rings. The van der Waals surface area contributed by atoms with Crippen molar-refractivity contribution in [3.8, 4) is 11.5 Å². The molecule has 2 heteroatoms. The van der Waals surface area contributed by atoms with Gasteiger partial charge in [0.05, 0.1) is 0 Å². The van der Waals surface area contributed by atoms with Crippen molar-refractivity contribution in [1.29, 1.82) is 0 Å². The molecule has 1 aliphatic carbocycles. The number of hydrogen-bond donors (Lipinski definition) is 2. The summed E-state index contributed by atoms with van der Waals surface area (Å²) in [6, 6.07) is 3.82. The van der Waals surface area contributed by atoms with E-state index >= 15 is 0 Å². The molecule has 0 spiro atoms. The van der Waals surface area contributed by atoms with Gasteiger partial charge in [0, 0.05) is 5.56 Å². The van der Waals surface area contributed by atoms with Gasteiger partial charge in [0.1, 0.15) is 0 Å². The van der Waals surface area contributed by atoms with Gasteiger partial charge in [-0.25, -0.2) is 0 Å². The molecule has 1 aromatic rings. The Kier molecular flexibility index (Phi) is 2.36. The molecule has 2 N–H and O–H groups in total. The van der Waals surface area contributed by atoms with Crippen molar-refractivity contribution in [1.82, 2.24) is 0 Å². The predicted octanol–water partition coefficient (Wildman–Crippen LogP) is 3.06. The summed E-state index contributed by atoms with van der Waals surface area (Å²) < 4.78 is 0. The van der Waals surface area contributed by atoms with Crippen LogP contribution in [-0.2, 0) is 0 Å². The number of aromatic hydroxyl groups is 2. The fourth-order valence-corrected chi connectivity index (χ4v) is 2.26. The summed E-state index contributed by atoms with van der Waals surface area (Å²) >= 11 is 0. The summed E-state index contributed by atoms with van der Waals surface area (Å²) in [4.78, 5) is 0. The molecule has 76 valence electrons. The quantitative estimate of drug-likeness (QED) is 0.671. The van der Waals surface area contributed by atoms with Gasteiger partial charge in [0.25, 0.3) is 0 Å². The maximum Gasteiger partial charge on any atom is 0.161 e. The van der Waals surface area contributed by atoms with Gasteiger partial charge in [-0.2, -0.15) is 0 Å². The number of phenolic OH excluding ortho intramolecular Hbond substituents is 2. The predicted molar refractivity (Wildman–Crippen MR) is 55.7 cm³/mol. The zero-order valence-electron chi connectivity index (χ0n) is 8.45. The van der Waals surface area contributed by atoms with Gasteiger partial charge in [-0.05, 0) is 31.2 Å². The average molecular weight is 192 g/mol. The highest BCUT2D eigenvalue weighted by atomic mass is 16.3. The van der Waals surface area contributed by atoms with E-state index in [1.165, 1.54) is 12.8 Å². The van der Waals surface area contributed by atoms with E-state index in [4.69, 9.17) is 0 Å². The smallest absolute Gasteiger partial charge is 0.161 e. The first-order valence-electron chi connectivity index (χ1n) is 5.21. The van der Waals surface area contributed by atoms with Crippen LogP contribution in [0.25, 0.3) is 0 Å². The Balaban J connectivity index is 2.38. The second-order valence-corrected chi connectivity index (χ2v) is 4.15. The number of hydrogen-bond acceptors (Lipinski definition) is 2. The van der Waals surface area contributed by atoms with Crippen LogP contribution in [0.1, 0.15) is 42.7 Å². The zero-order valence-corrected chi connectivity index (χ0v) is 8.45. The summed E-state index contributed by atoms with van der Waals surface area (Å²) in [6.07, 6.45) is 4.74. The fourth-order valence-electron chi connectivity index (χ4n) is 2.26. The summed E-state index contributed by atoms with van der Waals surface area (Å²) in [5, 5.41) is 19.4. The van der Waals surface area contributed by atoms with E-state index in [0.717, 1.165) is 24.0 Å². The first kappa shape index (κ1) is 9.38. The number of rotatable bonds is 1. The fraction of sp³-hybridized carbons (Fsp3) is 0.500. The zero-order chi connectivity index (χ0) is 10.1. The second-order valence-electron chi connectivity index (χ2n) is 4.15. The van der Waals surface area contributed by atoms with Gasteiger partial charge in [-0.15, -0.1) is 0 Å². The highest BCUT2D eigenvalue weighted by Crippen LogP contribution is 2.42. The lowest BCUT2D eigenvalue weighted by molar-refractivity contribution is 0.393. The van der Waals surface area contributed by atoms with Gasteiger partial charge in [-0.3, -0.25) is 0 Å². The molecule has 0 saturated heterocycles. The molecule has 0 aromatic heterocycles. The summed E-state index contributed by atoms with van der Waals surface area (Å²) in [5.74, 6) is 0.591. The molecule has 0 aliphatic heterocycles. The van der Waals surface area contributed by atoms with Crippen molar-refractivity contribution in [2.75, 3.05) is 0 Å². The molecule has 0 radical (unpaired) electrons. The molecule has 0 amide bonds. The van der Waals surface area contributed by atoms with Crippen LogP contribution in [0, 0.1) is 6.92 Å². The lowest BCUT2D eigenvalue weighted by Crippen LogP contribution is -1.93. The first-order chi connectivity index (χ1) is 6.70. The highest BCUT2D eigenvalue weighted by Gasteiger charge is 2.21. The third-order valence-electron chi connectivity index (χ3n) is 3.18. The normalized spacial score (nSPS) is 17.5. The topological polar surface area (TPSA) is 40.5 Å². The van der Waals surface area contributed by atoms with E-state index < -0.39 is 0 Å². The van der Waals surface area contributed by atoms with Crippen LogP contribution in [-0.4, -0.2) is 10.2 Å². The van der Waals surface area contributed by atoms with E-state index in [0.29, 0.717) is 5.92 Å². The van der Waals surface area contributed by atoms with E-state index in [1.54, 1.807) is 6.92 Å². The van der Waals surface area contributed by atoms with E-state index in [2.05, 4.69) is 0 Å². The number of phenols is 2. The van der Waals surface area contributed by atoms with Gasteiger partial charge in [0.2, 0.25) is 0 Å². The van der Waals surface area contributed by atoms with Crippen molar-refractivity contribution >= 4 is 0 Å². The summed E-state index contributed by atoms with van der Waals surface area (Å²) in [5.41, 5.74) is 1.66. The molecule has 2 rings (SSSR count). The van der Waals surface area contributed by atoms with Gasteiger partial charge < -0.3 is 10.2 Å². The lowest BCUT2D eigenvalue weighted by atomic mass is 9.95. The molecule has 2 nitrogen and oxygen atoms in total. The van der Waals surface area contributed by atoms with Crippen molar-refractivity contribution in [2.45, 2.75) is 38.5 Å². The van der Waals surface area contributed by atoms with E-state index in [-0.39, 0.29) is 11.5 Å². The van der Waals surface area contributed by atoms with Gasteiger partial charge in [-0.1, -0.05) is 25.0 Å². The van der Waals surface area contributed by atoms with Gasteiger partial charge >= 0.3 is 0 Å². The van der Waals surface area contributed by atoms with Crippen molar-refractivity contribution in [2.24, 2.45) is 0 Å². The van der Waals surface area contributed by atoms with Crippen LogP contribution in [0.15, 0.2) is 12.1 Å². The maximum absolute atomic E-state index is 9.79. The molecular weight excluding hydrogens is 176 g/mol. The molecule has 1 fully saturated rings. The standard InChI is InChI=1S/C12H16O2/c1-8-6-7-10(12(14)11(8)13)9-4-2-3-5-9/h6-7,9,13-14H,2-5H2,1H3. The molecule has 14 heavy (non-hydrogen) atoms. The van der Waals surface area contributed by atoms with Crippen LogP contribution in [0.4, 0.5) is 0 Å². The average Bonchev–Trinajstić information content (AvgIpc) is 2.67. The van der Waals surface area contributed by atoms with E-state index in [9.17, 15) is 10.2 Å². The summed E-state index contributed by atoms with van der Waals surface area (Å²) in [6.45, 7) is 1.80. The Labute approximate surface area is 84.2 Å². The third kappa shape index (κ3) is 1.45. The third-order valence-corrected chi connectivity index (χ3v) is 3.18. The molecule has 0 atom stereocenters. The van der Waals surface area contributed by atoms with Crippen LogP contribution < -0.4 is 0 Å². The van der Waals surface area contributed by atoms with Crippen LogP contribution in [0.5, 0.6) is 11.5 Å². The largest absolute Gasteiger partial charge is 0.504 e. The minimum atomic E-state index is 0.0504. The maximum atomic E-state index is 9.79. The highest BCUT2D eigenvalue weighted by molar-refractivity contribution is 5.50. The summed E-state index contributed by atoms with van der Waals surface area (Å²) in [7, 11) is 0. The van der Waals surface area contributed by atoms with Crippen molar-refractivity contribution in [3.05, 3.63) is 23.3 Å². The second kappa shape index (κ2) is 3.52. The van der Waals surface area contributed by atoms with Crippen LogP contribution in [0.2, 0.25) is 0 Å². The lowest BCUT2D eigenvalue weighted by Gasteiger charge is -2.13. The molecule has 0 bridgehead atoms. The van der Waals surface area contributed by atoms with E-state index in [1.807, 2.05) is 12.1 Å². The van der Waals surface area contributed by atoms with Crippen molar-refractivity contribution in [3.63, 3.8) is 0 Å². The minimum absolute atomic E-state index is 0.0504. The Hall–Kier alpha value is -1.18. The molecular formula is C12H16O2.